The molecule has 0 radical (unpaired) electrons. The first-order valence-corrected chi connectivity index (χ1v) is 4.80. The van der Waals surface area contributed by atoms with Gasteiger partial charge in [0.1, 0.15) is 5.82 Å². The van der Waals surface area contributed by atoms with Gasteiger partial charge < -0.3 is 0 Å². The number of rotatable bonds is 2. The van der Waals surface area contributed by atoms with Crippen LogP contribution in [-0.4, -0.2) is 9.55 Å². The third-order valence-electron chi connectivity index (χ3n) is 2.23. The number of aromatic amines is 1. The molecule has 0 spiro atoms. The van der Waals surface area contributed by atoms with Crippen LogP contribution in [0, 0.1) is 11.6 Å². The van der Waals surface area contributed by atoms with Crippen molar-refractivity contribution in [1.29, 1.82) is 0 Å². The van der Waals surface area contributed by atoms with Crippen molar-refractivity contribution in [3.05, 3.63) is 68.5 Å². The lowest BCUT2D eigenvalue weighted by Gasteiger charge is -2.04. The van der Waals surface area contributed by atoms with Gasteiger partial charge in [-0.15, -0.1) is 0 Å². The van der Waals surface area contributed by atoms with Crippen molar-refractivity contribution in [3.63, 3.8) is 0 Å². The first-order valence-electron chi connectivity index (χ1n) is 4.80. The predicted molar refractivity (Wildman–Crippen MR) is 56.8 cm³/mol. The Kier molecular flexibility index (Phi) is 2.86. The van der Waals surface area contributed by atoms with Gasteiger partial charge >= 0.3 is 5.69 Å². The van der Waals surface area contributed by atoms with Crippen LogP contribution in [0.4, 0.5) is 8.78 Å². The Balaban J connectivity index is 2.36. The van der Waals surface area contributed by atoms with E-state index in [2.05, 4.69) is 0 Å². The van der Waals surface area contributed by atoms with Crippen molar-refractivity contribution in [2.24, 2.45) is 0 Å². The minimum absolute atomic E-state index is 0.0623. The highest BCUT2D eigenvalue weighted by atomic mass is 19.1. The molecule has 0 aliphatic carbocycles. The molecule has 0 fully saturated rings. The van der Waals surface area contributed by atoms with Crippen LogP contribution in [0.25, 0.3) is 0 Å². The molecule has 1 heterocycles. The Morgan fingerprint density at radius 3 is 2.41 bits per heavy atom. The van der Waals surface area contributed by atoms with E-state index in [9.17, 15) is 18.4 Å². The number of halogens is 2. The van der Waals surface area contributed by atoms with Crippen molar-refractivity contribution < 1.29 is 8.78 Å². The lowest BCUT2D eigenvalue weighted by Crippen LogP contribution is -2.31. The Labute approximate surface area is 94.2 Å². The molecule has 1 aromatic heterocycles. The van der Waals surface area contributed by atoms with Crippen molar-refractivity contribution in [1.82, 2.24) is 9.55 Å². The largest absolute Gasteiger partial charge is 0.328 e. The third kappa shape index (κ3) is 2.47. The molecule has 1 N–H and O–H groups in total. The van der Waals surface area contributed by atoms with Crippen molar-refractivity contribution in [2.45, 2.75) is 6.54 Å². The molecular weight excluding hydrogens is 230 g/mol. The number of aromatic nitrogens is 2. The maximum absolute atomic E-state index is 13.0. The SMILES string of the molecule is O=c1[nH]c(=O)n(Cc2ccc(F)cc2)cc1F. The van der Waals surface area contributed by atoms with Crippen molar-refractivity contribution >= 4 is 0 Å². The molecule has 4 nitrogen and oxygen atoms in total. The summed E-state index contributed by atoms with van der Waals surface area (Å²) in [6.45, 7) is 0.0623. The second kappa shape index (κ2) is 4.32. The Morgan fingerprint density at radius 2 is 1.76 bits per heavy atom. The number of hydrogen-bond donors (Lipinski definition) is 1. The molecule has 0 unspecified atom stereocenters. The molecule has 0 amide bonds. The first kappa shape index (κ1) is 11.3. The Hall–Kier alpha value is -2.24. The van der Waals surface area contributed by atoms with Crippen molar-refractivity contribution in [2.75, 3.05) is 0 Å². The zero-order valence-corrected chi connectivity index (χ0v) is 8.61. The van der Waals surface area contributed by atoms with Crippen LogP contribution in [0.2, 0.25) is 0 Å². The molecular formula is C11H8F2N2O2. The summed E-state index contributed by atoms with van der Waals surface area (Å²) in [6, 6.07) is 5.43. The summed E-state index contributed by atoms with van der Waals surface area (Å²) in [5, 5.41) is 0. The first-order chi connectivity index (χ1) is 8.06. The molecule has 2 aromatic rings. The molecule has 6 heteroatoms. The highest BCUT2D eigenvalue weighted by Crippen LogP contribution is 2.03. The van der Waals surface area contributed by atoms with Crippen LogP contribution in [0.5, 0.6) is 0 Å². The summed E-state index contributed by atoms with van der Waals surface area (Å²) in [4.78, 5) is 24.0. The van der Waals surface area contributed by atoms with Gasteiger partial charge in [-0.1, -0.05) is 12.1 Å². The van der Waals surface area contributed by atoms with E-state index in [-0.39, 0.29) is 6.54 Å². The molecule has 1 aromatic carbocycles. The molecule has 88 valence electrons. The van der Waals surface area contributed by atoms with Gasteiger partial charge in [-0.3, -0.25) is 14.3 Å². The second-order valence-corrected chi connectivity index (χ2v) is 3.49. The van der Waals surface area contributed by atoms with Crippen molar-refractivity contribution in [3.8, 4) is 0 Å². The van der Waals surface area contributed by atoms with E-state index in [0.29, 0.717) is 5.56 Å². The van der Waals surface area contributed by atoms with E-state index in [0.717, 1.165) is 10.8 Å². The molecule has 0 aliphatic rings. The van der Waals surface area contributed by atoms with E-state index in [1.165, 1.54) is 24.3 Å². The topological polar surface area (TPSA) is 54.9 Å². The number of H-pyrrole nitrogens is 1. The molecule has 2 rings (SSSR count). The highest BCUT2D eigenvalue weighted by Gasteiger charge is 2.04. The van der Waals surface area contributed by atoms with Gasteiger partial charge in [0.2, 0.25) is 5.82 Å². The summed E-state index contributed by atoms with van der Waals surface area (Å²) in [7, 11) is 0. The molecule has 0 saturated carbocycles. The molecule has 0 saturated heterocycles. The van der Waals surface area contributed by atoms with Gasteiger partial charge in [-0.05, 0) is 17.7 Å². The highest BCUT2D eigenvalue weighted by molar-refractivity contribution is 5.16. The van der Waals surface area contributed by atoms with Gasteiger partial charge in [0.25, 0.3) is 5.56 Å². The van der Waals surface area contributed by atoms with E-state index in [1.54, 1.807) is 0 Å². The summed E-state index contributed by atoms with van der Waals surface area (Å²) < 4.78 is 26.6. The number of nitrogens with one attached hydrogen (secondary N) is 1. The zero-order chi connectivity index (χ0) is 12.4. The smallest absolute Gasteiger partial charge is 0.293 e. The van der Waals surface area contributed by atoms with Crippen LogP contribution in [0.3, 0.4) is 0 Å². The summed E-state index contributed by atoms with van der Waals surface area (Å²) in [5.41, 5.74) is -1.13. The lowest BCUT2D eigenvalue weighted by atomic mass is 10.2. The summed E-state index contributed by atoms with van der Waals surface area (Å²) in [6.07, 6.45) is 0.824. The number of benzene rings is 1. The molecule has 0 aliphatic heterocycles. The third-order valence-corrected chi connectivity index (χ3v) is 2.23. The minimum Gasteiger partial charge on any atom is -0.293 e. The van der Waals surface area contributed by atoms with E-state index in [1.807, 2.05) is 4.98 Å². The van der Waals surface area contributed by atoms with Crippen LogP contribution in [0.1, 0.15) is 5.56 Å². The van der Waals surface area contributed by atoms with E-state index < -0.39 is 22.9 Å². The van der Waals surface area contributed by atoms with Crippen LogP contribution >= 0.6 is 0 Å². The van der Waals surface area contributed by atoms with Crippen LogP contribution < -0.4 is 11.2 Å². The van der Waals surface area contributed by atoms with Crippen LogP contribution in [0.15, 0.2) is 40.1 Å². The van der Waals surface area contributed by atoms with Gasteiger partial charge in [0.05, 0.1) is 12.7 Å². The zero-order valence-electron chi connectivity index (χ0n) is 8.61. The van der Waals surface area contributed by atoms with Gasteiger partial charge in [-0.2, -0.15) is 4.39 Å². The fourth-order valence-corrected chi connectivity index (χ4v) is 1.39. The van der Waals surface area contributed by atoms with E-state index >= 15 is 0 Å². The van der Waals surface area contributed by atoms with Gasteiger partial charge in [-0.25, -0.2) is 9.18 Å². The van der Waals surface area contributed by atoms with Gasteiger partial charge in [0, 0.05) is 0 Å². The fraction of sp³-hybridized carbons (Fsp3) is 0.0909. The molecule has 17 heavy (non-hydrogen) atoms. The molecule has 0 bridgehead atoms. The average molecular weight is 238 g/mol. The Bertz CT molecular complexity index is 644. The van der Waals surface area contributed by atoms with E-state index in [4.69, 9.17) is 0 Å². The standard InChI is InChI=1S/C11H8F2N2O2/c12-8-3-1-7(2-4-8)5-15-6-9(13)10(16)14-11(15)17/h1-4,6H,5H2,(H,14,16,17). The number of nitrogens with zero attached hydrogens (tertiary/aromatic N) is 1. The average Bonchev–Trinajstić information content (AvgIpc) is 2.29. The summed E-state index contributed by atoms with van der Waals surface area (Å²) >= 11 is 0. The minimum atomic E-state index is -1.05. The Morgan fingerprint density at radius 1 is 1.12 bits per heavy atom. The quantitative estimate of drug-likeness (QED) is 0.843. The maximum Gasteiger partial charge on any atom is 0.328 e. The van der Waals surface area contributed by atoms with Gasteiger partial charge in [0.15, 0.2) is 0 Å². The fourth-order valence-electron chi connectivity index (χ4n) is 1.39. The van der Waals surface area contributed by atoms with Crippen LogP contribution in [-0.2, 0) is 6.54 Å². The number of hydrogen-bond acceptors (Lipinski definition) is 2. The lowest BCUT2D eigenvalue weighted by molar-refractivity contribution is 0.565. The maximum atomic E-state index is 13.0. The second-order valence-electron chi connectivity index (χ2n) is 3.49. The molecule has 0 atom stereocenters. The normalized spacial score (nSPS) is 10.5. The monoisotopic (exact) mass is 238 g/mol. The summed E-state index contributed by atoms with van der Waals surface area (Å²) in [5.74, 6) is -1.43. The predicted octanol–water partition coefficient (Wildman–Crippen LogP) is 0.863.